The summed E-state index contributed by atoms with van der Waals surface area (Å²) < 4.78 is 0.638. The molecule has 17 heavy (non-hydrogen) atoms. The molecule has 5 heteroatoms. The minimum atomic E-state index is -0.00694. The molecule has 0 aromatic carbocycles. The molecule has 0 saturated carbocycles. The van der Waals surface area contributed by atoms with E-state index in [1.54, 1.807) is 17.2 Å². The molecule has 1 fully saturated rings. The standard InChI is InChI=1S/C12H12N2OS2/c1-2-7-14-11(15)10(17-12(14)16)8-9-5-3-4-6-13-9/h3-6,8H,2,7H2,1H3/b10-8+. The van der Waals surface area contributed by atoms with Gasteiger partial charge in [0.05, 0.1) is 10.6 Å². The van der Waals surface area contributed by atoms with Crippen molar-refractivity contribution >= 4 is 40.3 Å². The van der Waals surface area contributed by atoms with Crippen molar-refractivity contribution in [2.24, 2.45) is 0 Å². The lowest BCUT2D eigenvalue weighted by molar-refractivity contribution is -0.122. The number of pyridine rings is 1. The maximum atomic E-state index is 12.0. The molecule has 88 valence electrons. The molecule has 1 amide bonds. The van der Waals surface area contributed by atoms with Crippen molar-refractivity contribution in [3.63, 3.8) is 0 Å². The van der Waals surface area contributed by atoms with Crippen molar-refractivity contribution in [3.8, 4) is 0 Å². The summed E-state index contributed by atoms with van der Waals surface area (Å²) in [5.74, 6) is -0.00694. The van der Waals surface area contributed by atoms with Gasteiger partial charge in [-0.1, -0.05) is 37.0 Å². The van der Waals surface area contributed by atoms with Crippen molar-refractivity contribution in [3.05, 3.63) is 35.0 Å². The van der Waals surface area contributed by atoms with E-state index in [4.69, 9.17) is 12.2 Å². The number of carbonyl (C=O) groups excluding carboxylic acids is 1. The van der Waals surface area contributed by atoms with Crippen LogP contribution in [-0.2, 0) is 4.79 Å². The number of rotatable bonds is 3. The van der Waals surface area contributed by atoms with E-state index in [0.29, 0.717) is 15.8 Å². The molecule has 1 aromatic heterocycles. The zero-order valence-corrected chi connectivity index (χ0v) is 11.1. The number of amides is 1. The Balaban J connectivity index is 2.22. The molecule has 1 aromatic rings. The smallest absolute Gasteiger partial charge is 0.266 e. The average molecular weight is 264 g/mol. The van der Waals surface area contributed by atoms with Gasteiger partial charge in [-0.2, -0.15) is 0 Å². The van der Waals surface area contributed by atoms with Crippen LogP contribution in [0.25, 0.3) is 6.08 Å². The third kappa shape index (κ3) is 2.73. The monoisotopic (exact) mass is 264 g/mol. The fraction of sp³-hybridized carbons (Fsp3) is 0.250. The molecule has 1 aliphatic heterocycles. The summed E-state index contributed by atoms with van der Waals surface area (Å²) in [4.78, 5) is 18.5. The van der Waals surface area contributed by atoms with Crippen molar-refractivity contribution in [1.82, 2.24) is 9.88 Å². The zero-order valence-electron chi connectivity index (χ0n) is 9.42. The second-order valence-electron chi connectivity index (χ2n) is 3.59. The van der Waals surface area contributed by atoms with Crippen molar-refractivity contribution < 1.29 is 4.79 Å². The maximum absolute atomic E-state index is 12.0. The van der Waals surface area contributed by atoms with E-state index < -0.39 is 0 Å². The molecule has 2 heterocycles. The fourth-order valence-corrected chi connectivity index (χ4v) is 2.81. The minimum Gasteiger partial charge on any atom is -0.293 e. The molecule has 3 nitrogen and oxygen atoms in total. The van der Waals surface area contributed by atoms with Crippen LogP contribution in [0.4, 0.5) is 0 Å². The van der Waals surface area contributed by atoms with E-state index in [-0.39, 0.29) is 5.91 Å². The summed E-state index contributed by atoms with van der Waals surface area (Å²) in [7, 11) is 0. The second-order valence-corrected chi connectivity index (χ2v) is 5.26. The first kappa shape index (κ1) is 12.3. The Hall–Kier alpha value is -1.20. The van der Waals surface area contributed by atoms with Gasteiger partial charge in [-0.05, 0) is 24.6 Å². The molecule has 0 N–H and O–H groups in total. The molecular weight excluding hydrogens is 252 g/mol. The molecule has 0 spiro atoms. The van der Waals surface area contributed by atoms with E-state index in [0.717, 1.165) is 12.1 Å². The molecule has 0 aliphatic carbocycles. The van der Waals surface area contributed by atoms with Gasteiger partial charge in [-0.3, -0.25) is 14.7 Å². The molecular formula is C12H12N2OS2. The number of hydrogen-bond donors (Lipinski definition) is 0. The van der Waals surface area contributed by atoms with Crippen LogP contribution < -0.4 is 0 Å². The van der Waals surface area contributed by atoms with Crippen LogP contribution >= 0.6 is 24.0 Å². The second kappa shape index (κ2) is 5.42. The van der Waals surface area contributed by atoms with Gasteiger partial charge in [-0.15, -0.1) is 0 Å². The minimum absolute atomic E-state index is 0.00694. The summed E-state index contributed by atoms with van der Waals surface area (Å²) in [5.41, 5.74) is 0.782. The summed E-state index contributed by atoms with van der Waals surface area (Å²) in [6.45, 7) is 2.71. The molecule has 0 atom stereocenters. The summed E-state index contributed by atoms with van der Waals surface area (Å²) >= 11 is 6.53. The van der Waals surface area contributed by atoms with Gasteiger partial charge >= 0.3 is 0 Å². The van der Waals surface area contributed by atoms with Gasteiger partial charge in [0.15, 0.2) is 0 Å². The van der Waals surface area contributed by atoms with Gasteiger partial charge in [0.25, 0.3) is 5.91 Å². The van der Waals surface area contributed by atoms with E-state index in [1.165, 1.54) is 11.8 Å². The fourth-order valence-electron chi connectivity index (χ4n) is 1.51. The Morgan fingerprint density at radius 1 is 1.53 bits per heavy atom. The molecule has 1 saturated heterocycles. The number of hydrogen-bond acceptors (Lipinski definition) is 4. The van der Waals surface area contributed by atoms with E-state index in [2.05, 4.69) is 4.98 Å². The van der Waals surface area contributed by atoms with Gasteiger partial charge < -0.3 is 0 Å². The normalized spacial score (nSPS) is 18.2. The first-order valence-electron chi connectivity index (χ1n) is 5.38. The molecule has 0 unspecified atom stereocenters. The van der Waals surface area contributed by atoms with Gasteiger partial charge in [0.1, 0.15) is 4.32 Å². The summed E-state index contributed by atoms with van der Waals surface area (Å²) in [6, 6.07) is 5.61. The van der Waals surface area contributed by atoms with E-state index in [9.17, 15) is 4.79 Å². The van der Waals surface area contributed by atoms with Crippen LogP contribution in [0, 0.1) is 0 Å². The van der Waals surface area contributed by atoms with Crippen molar-refractivity contribution in [1.29, 1.82) is 0 Å². The van der Waals surface area contributed by atoms with Crippen LogP contribution in [0.1, 0.15) is 19.0 Å². The molecule has 2 rings (SSSR count). The Morgan fingerprint density at radius 2 is 2.35 bits per heavy atom. The predicted molar refractivity (Wildman–Crippen MR) is 74.4 cm³/mol. The number of nitrogens with zero attached hydrogens (tertiary/aromatic N) is 2. The van der Waals surface area contributed by atoms with Crippen LogP contribution in [0.15, 0.2) is 29.3 Å². The lowest BCUT2D eigenvalue weighted by Gasteiger charge is -2.11. The number of thioether (sulfide) groups is 1. The molecule has 1 aliphatic rings. The van der Waals surface area contributed by atoms with Crippen LogP contribution in [-0.4, -0.2) is 26.7 Å². The highest BCUT2D eigenvalue weighted by molar-refractivity contribution is 8.26. The number of thiocarbonyl (C=S) groups is 1. The van der Waals surface area contributed by atoms with Crippen LogP contribution in [0.2, 0.25) is 0 Å². The zero-order chi connectivity index (χ0) is 12.3. The Morgan fingerprint density at radius 3 is 3.00 bits per heavy atom. The highest BCUT2D eigenvalue weighted by atomic mass is 32.2. The van der Waals surface area contributed by atoms with Crippen LogP contribution in [0.3, 0.4) is 0 Å². The Labute approximate surface area is 110 Å². The van der Waals surface area contributed by atoms with E-state index in [1.807, 2.05) is 25.1 Å². The third-order valence-corrected chi connectivity index (χ3v) is 3.67. The quantitative estimate of drug-likeness (QED) is 0.621. The lowest BCUT2D eigenvalue weighted by Crippen LogP contribution is -2.28. The number of aromatic nitrogens is 1. The summed E-state index contributed by atoms with van der Waals surface area (Å²) in [5, 5.41) is 0. The third-order valence-electron chi connectivity index (χ3n) is 2.29. The maximum Gasteiger partial charge on any atom is 0.266 e. The van der Waals surface area contributed by atoms with Crippen molar-refractivity contribution in [2.75, 3.05) is 6.54 Å². The molecule has 0 bridgehead atoms. The van der Waals surface area contributed by atoms with Gasteiger partial charge in [-0.25, -0.2) is 0 Å². The summed E-state index contributed by atoms with van der Waals surface area (Å²) in [6.07, 6.45) is 4.40. The number of carbonyl (C=O) groups is 1. The highest BCUT2D eigenvalue weighted by Gasteiger charge is 2.31. The first-order valence-corrected chi connectivity index (χ1v) is 6.61. The lowest BCUT2D eigenvalue weighted by atomic mass is 10.3. The largest absolute Gasteiger partial charge is 0.293 e. The topological polar surface area (TPSA) is 33.2 Å². The Kier molecular flexibility index (Phi) is 3.91. The predicted octanol–water partition coefficient (Wildman–Crippen LogP) is 2.69. The van der Waals surface area contributed by atoms with E-state index >= 15 is 0 Å². The first-order chi connectivity index (χ1) is 8.22. The highest BCUT2D eigenvalue weighted by Crippen LogP contribution is 2.32. The molecule has 0 radical (unpaired) electrons. The van der Waals surface area contributed by atoms with Gasteiger partial charge in [0.2, 0.25) is 0 Å². The SMILES string of the molecule is CCCN1C(=O)/C(=C\c2ccccn2)SC1=S. The van der Waals surface area contributed by atoms with Gasteiger partial charge in [0, 0.05) is 12.7 Å². The average Bonchev–Trinajstić information content (AvgIpc) is 2.59. The van der Waals surface area contributed by atoms with Crippen molar-refractivity contribution in [2.45, 2.75) is 13.3 Å². The Bertz CT molecular complexity index is 471. The van der Waals surface area contributed by atoms with Crippen LogP contribution in [0.5, 0.6) is 0 Å².